The number of benzene rings is 2. The largest absolute Gasteiger partial charge is 0.497 e. The second-order valence-corrected chi connectivity index (χ2v) is 10.3. The monoisotopic (exact) mass is 555 g/mol. The molecule has 2 aromatic heterocycles. The number of sulfonamides is 1. The van der Waals surface area contributed by atoms with Crippen LogP contribution in [0.1, 0.15) is 18.9 Å². The van der Waals surface area contributed by atoms with Crippen molar-refractivity contribution in [3.05, 3.63) is 48.2 Å². The minimum absolute atomic E-state index is 0.000596. The van der Waals surface area contributed by atoms with Crippen LogP contribution in [-0.2, 0) is 23.5 Å². The normalized spacial score (nSPS) is 11.4. The Bertz CT molecular complexity index is 1560. The quantitative estimate of drug-likeness (QED) is 0.224. The molecule has 0 saturated carbocycles. The van der Waals surface area contributed by atoms with Gasteiger partial charge in [0.1, 0.15) is 5.75 Å². The molecule has 2 heterocycles. The molecule has 2 aromatic carbocycles. The fourth-order valence-corrected chi connectivity index (χ4v) is 4.80. The molecule has 13 heteroatoms. The molecule has 0 aliphatic rings. The van der Waals surface area contributed by atoms with Crippen LogP contribution in [0.25, 0.3) is 11.0 Å². The summed E-state index contributed by atoms with van der Waals surface area (Å²) in [5.74, 6) is 1.56. The van der Waals surface area contributed by atoms with Crippen molar-refractivity contribution in [2.24, 2.45) is 7.05 Å². The Hall–Kier alpha value is -4.10. The molecule has 12 nitrogen and oxygen atoms in total. The molecule has 4 aromatic rings. The second-order valence-electron chi connectivity index (χ2n) is 8.71. The number of aromatic nitrogens is 4. The van der Waals surface area contributed by atoms with Gasteiger partial charge in [-0.3, -0.25) is 9.40 Å². The minimum Gasteiger partial charge on any atom is -0.497 e. The predicted octanol–water partition coefficient (Wildman–Crippen LogP) is 3.48. The molecular weight excluding hydrogens is 522 g/mol. The van der Waals surface area contributed by atoms with E-state index in [1.165, 1.54) is 17.9 Å². The number of rotatable bonds is 13. The number of fused-ring (bicyclic) bond motifs is 1. The highest BCUT2D eigenvalue weighted by molar-refractivity contribution is 7.92. The van der Waals surface area contributed by atoms with Gasteiger partial charge in [0, 0.05) is 25.4 Å². The lowest BCUT2D eigenvalue weighted by atomic mass is 10.1. The summed E-state index contributed by atoms with van der Waals surface area (Å²) in [4.78, 5) is 9.39. The Morgan fingerprint density at radius 1 is 1.00 bits per heavy atom. The summed E-state index contributed by atoms with van der Waals surface area (Å²) in [6.07, 6.45) is 3.12. The Morgan fingerprint density at radius 2 is 1.79 bits per heavy atom. The first kappa shape index (κ1) is 27.9. The Kier molecular flexibility index (Phi) is 8.72. The maximum absolute atomic E-state index is 13.2. The fourth-order valence-electron chi connectivity index (χ4n) is 3.82. The molecule has 4 rings (SSSR count). The first-order valence-corrected chi connectivity index (χ1v) is 13.9. The molecule has 3 N–H and O–H groups in total. The minimum atomic E-state index is -4.06. The van der Waals surface area contributed by atoms with Crippen molar-refractivity contribution in [1.82, 2.24) is 25.1 Å². The molecule has 0 amide bonds. The number of likely N-dealkylation sites (N-methyl/N-ethyl adjacent to an activating group) is 1. The van der Waals surface area contributed by atoms with Gasteiger partial charge in [-0.05, 0) is 50.2 Å². The number of methoxy groups -OCH3 is 2. The standard InChI is InChI=1S/C26H33N7O5S/c1-6-13-38-24-21(15-18(36-4)16-22(24)37-5)30-25-26(32-39(34,35)23-10-12-33(3)31-23)28-19-8-7-17(9-11-27-2)14-20(19)29-25/h7-8,10,12,14-16,27H,6,9,11,13H2,1-5H3,(H,28,32)(H,29,30). The summed E-state index contributed by atoms with van der Waals surface area (Å²) in [5, 5.41) is 10.2. The topological polar surface area (TPSA) is 142 Å². The third-order valence-corrected chi connectivity index (χ3v) is 7.01. The van der Waals surface area contributed by atoms with Crippen molar-refractivity contribution < 1.29 is 22.6 Å². The number of ether oxygens (including phenoxy) is 3. The van der Waals surface area contributed by atoms with Crippen molar-refractivity contribution in [1.29, 1.82) is 0 Å². The Balaban J connectivity index is 1.85. The molecule has 0 atom stereocenters. The SMILES string of the molecule is CCCOc1c(Nc2nc3cc(CCNC)ccc3nc2NS(=O)(=O)c2ccn(C)n2)cc(OC)cc1OC. The predicted molar refractivity (Wildman–Crippen MR) is 150 cm³/mol. The fraction of sp³-hybridized carbons (Fsp3) is 0.346. The van der Waals surface area contributed by atoms with Crippen molar-refractivity contribution in [3.63, 3.8) is 0 Å². The zero-order valence-corrected chi connectivity index (χ0v) is 23.4. The lowest BCUT2D eigenvalue weighted by molar-refractivity contribution is 0.294. The molecule has 0 radical (unpaired) electrons. The van der Waals surface area contributed by atoms with Gasteiger partial charge < -0.3 is 24.8 Å². The van der Waals surface area contributed by atoms with Crippen molar-refractivity contribution >= 4 is 38.4 Å². The van der Waals surface area contributed by atoms with Gasteiger partial charge >= 0.3 is 0 Å². The van der Waals surface area contributed by atoms with Crippen LogP contribution in [0, 0.1) is 0 Å². The van der Waals surface area contributed by atoms with E-state index in [9.17, 15) is 8.42 Å². The average molecular weight is 556 g/mol. The molecule has 208 valence electrons. The summed E-state index contributed by atoms with van der Waals surface area (Å²) in [6, 6.07) is 10.5. The smallest absolute Gasteiger partial charge is 0.282 e. The van der Waals surface area contributed by atoms with Crippen LogP contribution in [0.5, 0.6) is 17.2 Å². The summed E-state index contributed by atoms with van der Waals surface area (Å²) < 4.78 is 47.3. The van der Waals surface area contributed by atoms with Crippen molar-refractivity contribution in [2.75, 3.05) is 44.5 Å². The number of aryl methyl sites for hydroxylation is 1. The number of hydrogen-bond acceptors (Lipinski definition) is 10. The lowest BCUT2D eigenvalue weighted by Crippen LogP contribution is -2.17. The van der Waals surface area contributed by atoms with E-state index in [4.69, 9.17) is 19.2 Å². The highest BCUT2D eigenvalue weighted by Crippen LogP contribution is 2.42. The molecule has 0 unspecified atom stereocenters. The second kappa shape index (κ2) is 12.2. The van der Waals surface area contributed by atoms with E-state index in [1.807, 2.05) is 32.2 Å². The third-order valence-electron chi connectivity index (χ3n) is 5.78. The van der Waals surface area contributed by atoms with Crippen LogP contribution in [-0.4, -0.2) is 62.6 Å². The van der Waals surface area contributed by atoms with Gasteiger partial charge in [0.05, 0.1) is 37.5 Å². The van der Waals surface area contributed by atoms with E-state index in [0.29, 0.717) is 40.6 Å². The van der Waals surface area contributed by atoms with E-state index in [-0.39, 0.29) is 16.7 Å². The highest BCUT2D eigenvalue weighted by Gasteiger charge is 2.23. The Labute approximate surface area is 227 Å². The van der Waals surface area contributed by atoms with E-state index in [2.05, 4.69) is 25.4 Å². The molecule has 0 aliphatic carbocycles. The van der Waals surface area contributed by atoms with E-state index >= 15 is 0 Å². The molecule has 0 spiro atoms. The summed E-state index contributed by atoms with van der Waals surface area (Å²) in [5.41, 5.74) is 2.66. The molecule has 0 bridgehead atoms. The first-order chi connectivity index (χ1) is 18.8. The zero-order chi connectivity index (χ0) is 28.0. The van der Waals surface area contributed by atoms with Gasteiger partial charge in [0.2, 0.25) is 0 Å². The number of nitrogens with zero attached hydrogens (tertiary/aromatic N) is 4. The average Bonchev–Trinajstić information content (AvgIpc) is 3.38. The first-order valence-electron chi connectivity index (χ1n) is 12.4. The molecule has 39 heavy (non-hydrogen) atoms. The molecular formula is C26H33N7O5S. The van der Waals surface area contributed by atoms with E-state index < -0.39 is 10.0 Å². The highest BCUT2D eigenvalue weighted by atomic mass is 32.2. The number of nitrogens with one attached hydrogen (secondary N) is 3. The summed E-state index contributed by atoms with van der Waals surface area (Å²) >= 11 is 0. The summed E-state index contributed by atoms with van der Waals surface area (Å²) in [6.45, 7) is 3.23. The van der Waals surface area contributed by atoms with Gasteiger partial charge in [-0.2, -0.15) is 13.5 Å². The van der Waals surface area contributed by atoms with Gasteiger partial charge in [-0.15, -0.1) is 0 Å². The van der Waals surface area contributed by atoms with Crippen LogP contribution in [0.3, 0.4) is 0 Å². The zero-order valence-electron chi connectivity index (χ0n) is 22.6. The van der Waals surface area contributed by atoms with Crippen LogP contribution in [0.4, 0.5) is 17.3 Å². The van der Waals surface area contributed by atoms with Crippen molar-refractivity contribution in [2.45, 2.75) is 24.8 Å². The van der Waals surface area contributed by atoms with Crippen LogP contribution in [0.2, 0.25) is 0 Å². The maximum Gasteiger partial charge on any atom is 0.282 e. The van der Waals surface area contributed by atoms with Gasteiger partial charge in [0.25, 0.3) is 10.0 Å². The molecule has 0 fully saturated rings. The van der Waals surface area contributed by atoms with Gasteiger partial charge in [0.15, 0.2) is 28.2 Å². The van der Waals surface area contributed by atoms with Crippen LogP contribution < -0.4 is 29.6 Å². The van der Waals surface area contributed by atoms with Gasteiger partial charge in [-0.25, -0.2) is 9.97 Å². The molecule has 0 saturated heterocycles. The number of anilines is 3. The van der Waals surface area contributed by atoms with Crippen molar-refractivity contribution in [3.8, 4) is 17.2 Å². The Morgan fingerprint density at radius 3 is 2.46 bits per heavy atom. The van der Waals surface area contributed by atoms with Crippen LogP contribution in [0.15, 0.2) is 47.6 Å². The number of hydrogen-bond donors (Lipinski definition) is 3. The van der Waals surface area contributed by atoms with Gasteiger partial charge in [-0.1, -0.05) is 13.0 Å². The third kappa shape index (κ3) is 6.49. The maximum atomic E-state index is 13.2. The van der Waals surface area contributed by atoms with Crippen LogP contribution >= 0.6 is 0 Å². The molecule has 0 aliphatic heterocycles. The lowest BCUT2D eigenvalue weighted by Gasteiger charge is -2.19. The van der Waals surface area contributed by atoms with E-state index in [0.717, 1.165) is 24.9 Å². The van der Waals surface area contributed by atoms with E-state index in [1.54, 1.807) is 32.5 Å². The summed E-state index contributed by atoms with van der Waals surface area (Å²) in [7, 11) is 2.55.